The van der Waals surface area contributed by atoms with E-state index in [1.807, 2.05) is 30.3 Å². The Labute approximate surface area is 178 Å². The van der Waals surface area contributed by atoms with Gasteiger partial charge in [-0.1, -0.05) is 54.6 Å². The number of benzene rings is 2. The Bertz CT molecular complexity index is 989. The van der Waals surface area contributed by atoms with E-state index in [1.165, 1.54) is 0 Å². The minimum Gasteiger partial charge on any atom is -0.446 e. The van der Waals surface area contributed by atoms with Crippen molar-refractivity contribution in [1.82, 2.24) is 9.62 Å². The number of carbonyl (C=O) groups is 1. The van der Waals surface area contributed by atoms with Crippen LogP contribution in [0.25, 0.3) is 11.1 Å². The fourth-order valence-electron chi connectivity index (χ4n) is 4.19. The molecule has 1 saturated carbocycles. The molecular formula is C23H28N2O4S. The number of ether oxygens (including phenoxy) is 1. The zero-order valence-corrected chi connectivity index (χ0v) is 18.0. The van der Waals surface area contributed by atoms with E-state index in [1.54, 1.807) is 4.90 Å². The van der Waals surface area contributed by atoms with E-state index in [9.17, 15) is 13.2 Å². The van der Waals surface area contributed by atoms with Crippen LogP contribution in [0.3, 0.4) is 0 Å². The maximum absolute atomic E-state index is 12.8. The second-order valence-electron chi connectivity index (χ2n) is 8.25. The number of amides is 1. The maximum Gasteiger partial charge on any atom is 0.410 e. The largest absolute Gasteiger partial charge is 0.446 e. The monoisotopic (exact) mass is 428 g/mol. The van der Waals surface area contributed by atoms with Crippen molar-refractivity contribution >= 4 is 16.1 Å². The zero-order valence-electron chi connectivity index (χ0n) is 17.2. The lowest BCUT2D eigenvalue weighted by molar-refractivity contribution is 0.0239. The predicted octanol–water partition coefficient (Wildman–Crippen LogP) is 3.58. The molecular weight excluding hydrogens is 400 g/mol. The van der Waals surface area contributed by atoms with Crippen LogP contribution in [0, 0.1) is 0 Å². The number of likely N-dealkylation sites (tertiary alicyclic amines) is 1. The lowest BCUT2D eigenvalue weighted by Crippen LogP contribution is -2.48. The Kier molecular flexibility index (Phi) is 6.11. The van der Waals surface area contributed by atoms with Gasteiger partial charge in [0, 0.05) is 12.6 Å². The number of carbonyl (C=O) groups excluding carboxylic acids is 1. The summed E-state index contributed by atoms with van der Waals surface area (Å²) in [6.45, 7) is 0.488. The molecule has 1 heterocycles. The van der Waals surface area contributed by atoms with E-state index in [0.29, 0.717) is 19.4 Å². The topological polar surface area (TPSA) is 75.7 Å². The first-order valence-corrected chi connectivity index (χ1v) is 12.4. The molecule has 0 radical (unpaired) electrons. The van der Waals surface area contributed by atoms with Crippen LogP contribution in [0.5, 0.6) is 0 Å². The summed E-state index contributed by atoms with van der Waals surface area (Å²) < 4.78 is 32.1. The molecule has 1 N–H and O–H groups in total. The molecule has 2 fully saturated rings. The first kappa shape index (κ1) is 20.9. The quantitative estimate of drug-likeness (QED) is 0.763. The van der Waals surface area contributed by atoms with Crippen LogP contribution < -0.4 is 4.72 Å². The average molecular weight is 429 g/mol. The Hall–Kier alpha value is -2.38. The summed E-state index contributed by atoms with van der Waals surface area (Å²) in [4.78, 5) is 14.5. The molecule has 30 heavy (non-hydrogen) atoms. The van der Waals surface area contributed by atoms with Gasteiger partial charge < -0.3 is 9.64 Å². The smallest absolute Gasteiger partial charge is 0.410 e. The second-order valence-corrected chi connectivity index (χ2v) is 10.0. The van der Waals surface area contributed by atoms with E-state index in [0.717, 1.165) is 42.2 Å². The standard InChI is InChI=1S/C23H28N2O4S/c1-30(27,28)24-21-13-14-25(23(26)29-20-11-6-12-20)22(21)16-17-7-5-10-19(15-17)18-8-3-2-4-9-18/h2-5,7-10,15,20-22,24H,6,11-14,16H2,1H3. The SMILES string of the molecule is CS(=O)(=O)NC1CCN(C(=O)OC2CCC2)C1Cc1cccc(-c2ccccc2)c1. The van der Waals surface area contributed by atoms with Gasteiger partial charge in [-0.3, -0.25) is 0 Å². The zero-order chi connectivity index (χ0) is 21.1. The van der Waals surface area contributed by atoms with Crippen LogP contribution in [0.2, 0.25) is 0 Å². The van der Waals surface area contributed by atoms with E-state index < -0.39 is 10.0 Å². The van der Waals surface area contributed by atoms with E-state index in [-0.39, 0.29) is 24.3 Å². The molecule has 7 heteroatoms. The van der Waals surface area contributed by atoms with Crippen LogP contribution in [0.15, 0.2) is 54.6 Å². The van der Waals surface area contributed by atoms with Gasteiger partial charge in [0.25, 0.3) is 0 Å². The first-order chi connectivity index (χ1) is 14.4. The lowest BCUT2D eigenvalue weighted by Gasteiger charge is -2.32. The molecule has 0 spiro atoms. The van der Waals surface area contributed by atoms with Crippen molar-refractivity contribution in [3.8, 4) is 11.1 Å². The van der Waals surface area contributed by atoms with Crippen molar-refractivity contribution in [2.24, 2.45) is 0 Å². The van der Waals surface area contributed by atoms with Crippen LogP contribution >= 0.6 is 0 Å². The van der Waals surface area contributed by atoms with E-state index in [2.05, 4.69) is 29.0 Å². The summed E-state index contributed by atoms with van der Waals surface area (Å²) in [6, 6.07) is 17.7. The molecule has 6 nitrogen and oxygen atoms in total. The highest BCUT2D eigenvalue weighted by atomic mass is 32.2. The van der Waals surface area contributed by atoms with Gasteiger partial charge >= 0.3 is 6.09 Å². The third kappa shape index (κ3) is 5.02. The first-order valence-electron chi connectivity index (χ1n) is 10.5. The molecule has 160 valence electrons. The molecule has 2 aromatic rings. The van der Waals surface area contributed by atoms with Crippen molar-refractivity contribution in [3.63, 3.8) is 0 Å². The Morgan fingerprint density at radius 3 is 2.47 bits per heavy atom. The predicted molar refractivity (Wildman–Crippen MR) is 117 cm³/mol. The summed E-state index contributed by atoms with van der Waals surface area (Å²) in [5, 5.41) is 0. The number of sulfonamides is 1. The summed E-state index contributed by atoms with van der Waals surface area (Å²) in [7, 11) is -3.38. The maximum atomic E-state index is 12.8. The highest BCUT2D eigenvalue weighted by Crippen LogP contribution is 2.28. The molecule has 2 atom stereocenters. The lowest BCUT2D eigenvalue weighted by atomic mass is 9.96. The van der Waals surface area contributed by atoms with Crippen LogP contribution in [-0.2, 0) is 21.2 Å². The van der Waals surface area contributed by atoms with Crippen LogP contribution in [0.4, 0.5) is 4.79 Å². The molecule has 1 saturated heterocycles. The molecule has 0 aromatic heterocycles. The Morgan fingerprint density at radius 1 is 1.07 bits per heavy atom. The average Bonchev–Trinajstić information content (AvgIpc) is 3.06. The van der Waals surface area contributed by atoms with Gasteiger partial charge in [-0.15, -0.1) is 0 Å². The number of hydrogen-bond donors (Lipinski definition) is 1. The third-order valence-corrected chi connectivity index (χ3v) is 6.68. The fraction of sp³-hybridized carbons (Fsp3) is 0.435. The number of nitrogens with zero attached hydrogens (tertiary/aromatic N) is 1. The van der Waals surface area contributed by atoms with Crippen LogP contribution in [0.1, 0.15) is 31.2 Å². The summed E-state index contributed by atoms with van der Waals surface area (Å²) in [5.74, 6) is 0. The molecule has 4 rings (SSSR count). The van der Waals surface area contributed by atoms with E-state index in [4.69, 9.17) is 4.74 Å². The van der Waals surface area contributed by atoms with Gasteiger partial charge in [-0.25, -0.2) is 17.9 Å². The van der Waals surface area contributed by atoms with Crippen molar-refractivity contribution in [2.45, 2.75) is 50.3 Å². The Balaban J connectivity index is 1.55. The molecule has 1 amide bonds. The third-order valence-electron chi connectivity index (χ3n) is 5.94. The minimum absolute atomic E-state index is 0.00137. The highest BCUT2D eigenvalue weighted by Gasteiger charge is 2.40. The van der Waals surface area contributed by atoms with Crippen molar-refractivity contribution < 1.29 is 17.9 Å². The number of nitrogens with one attached hydrogen (secondary N) is 1. The van der Waals surface area contributed by atoms with Gasteiger partial charge in [-0.05, 0) is 48.8 Å². The molecule has 0 bridgehead atoms. The fourth-order valence-corrected chi connectivity index (χ4v) is 5.02. The van der Waals surface area contributed by atoms with Gasteiger partial charge in [-0.2, -0.15) is 0 Å². The summed E-state index contributed by atoms with van der Waals surface area (Å²) in [5.41, 5.74) is 3.28. The Morgan fingerprint density at radius 2 is 1.80 bits per heavy atom. The second kappa shape index (κ2) is 8.78. The van der Waals surface area contributed by atoms with Crippen molar-refractivity contribution in [3.05, 3.63) is 60.2 Å². The van der Waals surface area contributed by atoms with Crippen molar-refractivity contribution in [2.75, 3.05) is 12.8 Å². The number of hydrogen-bond acceptors (Lipinski definition) is 4. The molecule has 1 aliphatic carbocycles. The van der Waals surface area contributed by atoms with Crippen LogP contribution in [-0.4, -0.2) is 50.4 Å². The number of rotatable bonds is 6. The van der Waals surface area contributed by atoms with Gasteiger partial charge in [0.2, 0.25) is 10.0 Å². The summed E-state index contributed by atoms with van der Waals surface area (Å²) in [6.07, 6.45) is 4.89. The molecule has 2 aromatic carbocycles. The minimum atomic E-state index is -3.38. The van der Waals surface area contributed by atoms with Gasteiger partial charge in [0.1, 0.15) is 6.10 Å². The highest BCUT2D eigenvalue weighted by molar-refractivity contribution is 7.88. The van der Waals surface area contributed by atoms with Gasteiger partial charge in [0.05, 0.1) is 12.3 Å². The van der Waals surface area contributed by atoms with Gasteiger partial charge in [0.15, 0.2) is 0 Å². The summed E-state index contributed by atoms with van der Waals surface area (Å²) >= 11 is 0. The molecule has 2 aliphatic rings. The molecule has 2 unspecified atom stereocenters. The van der Waals surface area contributed by atoms with E-state index >= 15 is 0 Å². The molecule has 1 aliphatic heterocycles. The normalized spacial score (nSPS) is 22.0. The van der Waals surface area contributed by atoms with Crippen molar-refractivity contribution in [1.29, 1.82) is 0 Å².